The summed E-state index contributed by atoms with van der Waals surface area (Å²) in [5.41, 5.74) is 10.5. The fourth-order valence-corrected chi connectivity index (χ4v) is 2.97. The molecule has 1 aliphatic carbocycles. The molecule has 2 aromatic rings. The number of amides is 1. The molecule has 1 aromatic carbocycles. The van der Waals surface area contributed by atoms with Crippen LogP contribution in [-0.2, 0) is 11.2 Å². The van der Waals surface area contributed by atoms with E-state index in [0.29, 0.717) is 6.42 Å². The average Bonchev–Trinajstić information content (AvgIpc) is 2.78. The second-order valence-corrected chi connectivity index (χ2v) is 5.21. The summed E-state index contributed by atoms with van der Waals surface area (Å²) in [5, 5.41) is 10.4. The monoisotopic (exact) mass is 265 g/mol. The first-order valence-corrected chi connectivity index (χ1v) is 6.66. The number of carbonyl (C=O) groups is 1. The van der Waals surface area contributed by atoms with Crippen LogP contribution in [0.5, 0.6) is 0 Å². The molecule has 0 saturated carbocycles. The lowest BCUT2D eigenvalue weighted by molar-refractivity contribution is -0.114. The topological polar surface area (TPSA) is 82.7 Å². The van der Waals surface area contributed by atoms with E-state index in [-0.39, 0.29) is 5.57 Å². The Morgan fingerprint density at radius 3 is 2.90 bits per heavy atom. The fourth-order valence-electron chi connectivity index (χ4n) is 2.97. The van der Waals surface area contributed by atoms with Gasteiger partial charge in [0.2, 0.25) is 0 Å². The number of H-pyrrole nitrogens is 1. The first-order chi connectivity index (χ1) is 9.61. The van der Waals surface area contributed by atoms with Crippen LogP contribution in [0.25, 0.3) is 16.5 Å². The van der Waals surface area contributed by atoms with Gasteiger partial charge in [-0.3, -0.25) is 4.79 Å². The maximum absolute atomic E-state index is 11.4. The van der Waals surface area contributed by atoms with Crippen LogP contribution >= 0.6 is 0 Å². The van der Waals surface area contributed by atoms with Crippen LogP contribution in [0.15, 0.2) is 23.8 Å². The largest absolute Gasteiger partial charge is 0.365 e. The number of nitriles is 1. The van der Waals surface area contributed by atoms with Crippen molar-refractivity contribution in [2.45, 2.75) is 26.2 Å². The molecule has 0 atom stereocenters. The number of rotatable bonds is 1. The van der Waals surface area contributed by atoms with Gasteiger partial charge in [-0.1, -0.05) is 11.6 Å². The maximum Gasteiger partial charge on any atom is 0.259 e. The number of carbonyl (C=O) groups excluding carboxylic acids is 1. The normalized spacial score (nSPS) is 16.6. The lowest BCUT2D eigenvalue weighted by atomic mass is 9.88. The predicted octanol–water partition coefficient (Wildman–Crippen LogP) is 2.58. The number of aromatic nitrogens is 1. The van der Waals surface area contributed by atoms with E-state index in [4.69, 9.17) is 5.73 Å². The second-order valence-electron chi connectivity index (χ2n) is 5.21. The van der Waals surface area contributed by atoms with Crippen LogP contribution in [0, 0.1) is 18.3 Å². The van der Waals surface area contributed by atoms with Gasteiger partial charge in [-0.25, -0.2) is 0 Å². The smallest absolute Gasteiger partial charge is 0.259 e. The summed E-state index contributed by atoms with van der Waals surface area (Å²) in [6.07, 6.45) is 2.60. The highest BCUT2D eigenvalue weighted by molar-refractivity contribution is 6.05. The van der Waals surface area contributed by atoms with Crippen LogP contribution in [0.3, 0.4) is 0 Å². The average molecular weight is 265 g/mol. The number of nitrogens with two attached hydrogens (primary N) is 1. The van der Waals surface area contributed by atoms with E-state index in [1.54, 1.807) is 0 Å². The molecule has 4 heteroatoms. The van der Waals surface area contributed by atoms with Crippen LogP contribution in [0.2, 0.25) is 0 Å². The first kappa shape index (κ1) is 12.5. The first-order valence-electron chi connectivity index (χ1n) is 6.66. The van der Waals surface area contributed by atoms with Gasteiger partial charge in [-0.05, 0) is 49.5 Å². The molecule has 100 valence electrons. The van der Waals surface area contributed by atoms with E-state index in [1.165, 1.54) is 16.5 Å². The van der Waals surface area contributed by atoms with Gasteiger partial charge in [0, 0.05) is 16.6 Å². The van der Waals surface area contributed by atoms with Gasteiger partial charge in [-0.15, -0.1) is 0 Å². The Morgan fingerprint density at radius 2 is 2.20 bits per heavy atom. The number of nitrogens with zero attached hydrogens (tertiary/aromatic N) is 1. The Hall–Kier alpha value is -2.54. The number of allylic oxidation sites excluding steroid dienone is 1. The molecule has 1 heterocycles. The number of nitrogens with one attached hydrogen (secondary N) is 1. The van der Waals surface area contributed by atoms with Gasteiger partial charge >= 0.3 is 0 Å². The van der Waals surface area contributed by atoms with Crippen LogP contribution in [0.4, 0.5) is 0 Å². The molecule has 1 amide bonds. The number of hydrogen-bond acceptors (Lipinski definition) is 2. The molecule has 0 radical (unpaired) electrons. The zero-order chi connectivity index (χ0) is 14.3. The van der Waals surface area contributed by atoms with E-state index in [1.807, 2.05) is 18.2 Å². The molecule has 4 nitrogen and oxygen atoms in total. The van der Waals surface area contributed by atoms with Gasteiger partial charge in [-0.2, -0.15) is 5.26 Å². The Bertz CT molecular complexity index is 790. The highest BCUT2D eigenvalue weighted by atomic mass is 16.1. The Labute approximate surface area is 116 Å². The van der Waals surface area contributed by atoms with Crippen LogP contribution < -0.4 is 5.73 Å². The molecule has 3 rings (SSSR count). The molecular weight excluding hydrogens is 250 g/mol. The molecule has 0 fully saturated rings. The molecule has 0 bridgehead atoms. The number of aryl methyl sites for hydroxylation is 2. The standard InChI is InChI=1S/C16H15N3O/c1-9-5-6-14-12(7-9)10-3-2-4-11(15(10)19-14)13(8-17)16(18)20/h5-7,19H,2-4H2,1H3,(H2,18,20). The highest BCUT2D eigenvalue weighted by Crippen LogP contribution is 2.37. The van der Waals surface area contributed by atoms with Gasteiger partial charge in [0.15, 0.2) is 0 Å². The third-order valence-corrected chi connectivity index (χ3v) is 3.88. The van der Waals surface area contributed by atoms with Gasteiger partial charge < -0.3 is 10.7 Å². The zero-order valence-electron chi connectivity index (χ0n) is 11.3. The Morgan fingerprint density at radius 1 is 1.40 bits per heavy atom. The number of primary amides is 1. The van der Waals surface area contributed by atoms with Crippen molar-refractivity contribution < 1.29 is 4.79 Å². The fraction of sp³-hybridized carbons (Fsp3) is 0.250. The van der Waals surface area contributed by atoms with E-state index < -0.39 is 5.91 Å². The zero-order valence-corrected chi connectivity index (χ0v) is 11.3. The molecule has 1 aliphatic rings. The van der Waals surface area contributed by atoms with Gasteiger partial charge in [0.05, 0.1) is 0 Å². The van der Waals surface area contributed by atoms with Crippen molar-refractivity contribution in [1.82, 2.24) is 4.98 Å². The van der Waals surface area contributed by atoms with E-state index in [2.05, 4.69) is 18.0 Å². The third-order valence-electron chi connectivity index (χ3n) is 3.88. The minimum absolute atomic E-state index is 0.0780. The summed E-state index contributed by atoms with van der Waals surface area (Å²) in [4.78, 5) is 14.8. The van der Waals surface area contributed by atoms with Crippen molar-refractivity contribution in [3.63, 3.8) is 0 Å². The van der Waals surface area contributed by atoms with Crippen molar-refractivity contribution in [1.29, 1.82) is 5.26 Å². The van der Waals surface area contributed by atoms with Crippen molar-refractivity contribution in [2.75, 3.05) is 0 Å². The molecule has 3 N–H and O–H groups in total. The summed E-state index contributed by atoms with van der Waals surface area (Å²) >= 11 is 0. The number of fused-ring (bicyclic) bond motifs is 3. The molecule has 0 saturated heterocycles. The third kappa shape index (κ3) is 1.79. The van der Waals surface area contributed by atoms with Crippen LogP contribution in [-0.4, -0.2) is 10.9 Å². The summed E-state index contributed by atoms with van der Waals surface area (Å²) in [6.45, 7) is 2.06. The van der Waals surface area contributed by atoms with Gasteiger partial charge in [0.1, 0.15) is 11.6 Å². The van der Waals surface area contributed by atoms with Gasteiger partial charge in [0.25, 0.3) is 5.91 Å². The molecule has 0 unspecified atom stereocenters. The van der Waals surface area contributed by atoms with E-state index in [0.717, 1.165) is 29.6 Å². The summed E-state index contributed by atoms with van der Waals surface area (Å²) in [6, 6.07) is 8.18. The minimum Gasteiger partial charge on any atom is -0.365 e. The van der Waals surface area contributed by atoms with E-state index >= 15 is 0 Å². The van der Waals surface area contributed by atoms with Crippen LogP contribution in [0.1, 0.15) is 29.7 Å². The minimum atomic E-state index is -0.648. The maximum atomic E-state index is 11.4. The lowest BCUT2D eigenvalue weighted by Gasteiger charge is -2.16. The number of benzene rings is 1. The molecule has 0 aliphatic heterocycles. The van der Waals surface area contributed by atoms with Crippen molar-refractivity contribution in [3.8, 4) is 6.07 Å². The second kappa shape index (κ2) is 4.53. The Kier molecular flexibility index (Phi) is 2.83. The molecule has 0 spiro atoms. The SMILES string of the molecule is Cc1ccc2[nH]c3c(c2c1)CCCC3=C(C#N)C(N)=O. The Balaban J connectivity index is 2.32. The summed E-state index contributed by atoms with van der Waals surface area (Å²) < 4.78 is 0. The number of aromatic amines is 1. The molecule has 20 heavy (non-hydrogen) atoms. The quantitative estimate of drug-likeness (QED) is 0.613. The predicted molar refractivity (Wildman–Crippen MR) is 77.7 cm³/mol. The summed E-state index contributed by atoms with van der Waals surface area (Å²) in [7, 11) is 0. The summed E-state index contributed by atoms with van der Waals surface area (Å²) in [5.74, 6) is -0.648. The molecular formula is C16H15N3O. The number of hydrogen-bond donors (Lipinski definition) is 2. The van der Waals surface area contributed by atoms with Crippen molar-refractivity contribution in [2.24, 2.45) is 5.73 Å². The van der Waals surface area contributed by atoms with E-state index in [9.17, 15) is 10.1 Å². The van der Waals surface area contributed by atoms with Crippen molar-refractivity contribution >= 4 is 22.4 Å². The van der Waals surface area contributed by atoms with Crippen molar-refractivity contribution in [3.05, 3.63) is 40.6 Å². The molecule has 1 aromatic heterocycles. The highest BCUT2D eigenvalue weighted by Gasteiger charge is 2.24. The lowest BCUT2D eigenvalue weighted by Crippen LogP contribution is -2.16.